The molecule has 22 heavy (non-hydrogen) atoms. The summed E-state index contributed by atoms with van der Waals surface area (Å²) in [6.45, 7) is 0.488. The quantitative estimate of drug-likeness (QED) is 0.737. The molecule has 0 aliphatic carbocycles. The summed E-state index contributed by atoms with van der Waals surface area (Å²) in [7, 11) is -0.603. The Bertz CT molecular complexity index is 646. The van der Waals surface area contributed by atoms with Crippen molar-refractivity contribution < 1.29 is 22.7 Å². The number of rotatable bonds is 6. The SMILES string of the molecule is CNCCC(=O)Nc1cc(C(=O)OC)cc(S(C)(=O)=O)c1.Cl. The van der Waals surface area contributed by atoms with Gasteiger partial charge in [0.05, 0.1) is 17.6 Å². The largest absolute Gasteiger partial charge is 0.465 e. The van der Waals surface area contributed by atoms with Crippen LogP contribution in [0.5, 0.6) is 0 Å². The Labute approximate surface area is 135 Å². The number of carbonyl (C=O) groups excluding carboxylic acids is 2. The van der Waals surface area contributed by atoms with E-state index in [4.69, 9.17) is 0 Å². The van der Waals surface area contributed by atoms with Crippen LogP contribution in [0.25, 0.3) is 0 Å². The van der Waals surface area contributed by atoms with Crippen molar-refractivity contribution in [2.24, 2.45) is 0 Å². The number of nitrogens with one attached hydrogen (secondary N) is 2. The van der Waals surface area contributed by atoms with Gasteiger partial charge in [-0.15, -0.1) is 12.4 Å². The first-order chi connectivity index (χ1) is 9.77. The first kappa shape index (κ1) is 20.4. The molecular weight excluding hydrogens is 332 g/mol. The number of ether oxygens (including phenoxy) is 1. The maximum absolute atomic E-state index is 11.7. The average Bonchev–Trinajstić information content (AvgIpc) is 2.42. The molecule has 0 saturated heterocycles. The molecule has 0 aliphatic rings. The van der Waals surface area contributed by atoms with Crippen molar-refractivity contribution in [2.45, 2.75) is 11.3 Å². The van der Waals surface area contributed by atoms with E-state index in [2.05, 4.69) is 15.4 Å². The summed E-state index contributed by atoms with van der Waals surface area (Å²) >= 11 is 0. The number of halogens is 1. The number of methoxy groups -OCH3 is 1. The third-order valence-electron chi connectivity index (χ3n) is 2.64. The van der Waals surface area contributed by atoms with Gasteiger partial charge in [0.2, 0.25) is 5.91 Å². The maximum Gasteiger partial charge on any atom is 0.337 e. The van der Waals surface area contributed by atoms with Crippen molar-refractivity contribution in [3.8, 4) is 0 Å². The third kappa shape index (κ3) is 6.00. The van der Waals surface area contributed by atoms with Crippen LogP contribution in [0.2, 0.25) is 0 Å². The highest BCUT2D eigenvalue weighted by Gasteiger charge is 2.15. The molecule has 124 valence electrons. The highest BCUT2D eigenvalue weighted by atomic mass is 35.5. The van der Waals surface area contributed by atoms with Crippen molar-refractivity contribution in [3.05, 3.63) is 23.8 Å². The number of hydrogen-bond acceptors (Lipinski definition) is 6. The summed E-state index contributed by atoms with van der Waals surface area (Å²) in [4.78, 5) is 23.2. The Balaban J connectivity index is 0.00000441. The number of benzene rings is 1. The van der Waals surface area contributed by atoms with Crippen molar-refractivity contribution in [1.82, 2.24) is 5.32 Å². The molecule has 1 amide bonds. The van der Waals surface area contributed by atoms with Gasteiger partial charge in [-0.3, -0.25) is 4.79 Å². The highest BCUT2D eigenvalue weighted by Crippen LogP contribution is 2.20. The second-order valence-corrected chi connectivity index (χ2v) is 6.43. The number of sulfone groups is 1. The fourth-order valence-corrected chi connectivity index (χ4v) is 2.27. The second-order valence-electron chi connectivity index (χ2n) is 4.41. The van der Waals surface area contributed by atoms with Crippen LogP contribution in [0.1, 0.15) is 16.8 Å². The zero-order valence-electron chi connectivity index (χ0n) is 12.5. The smallest absolute Gasteiger partial charge is 0.337 e. The summed E-state index contributed by atoms with van der Waals surface area (Å²) in [6, 6.07) is 3.89. The van der Waals surface area contributed by atoms with E-state index in [0.29, 0.717) is 6.54 Å². The molecule has 0 unspecified atom stereocenters. The van der Waals surface area contributed by atoms with E-state index in [-0.39, 0.29) is 40.9 Å². The van der Waals surface area contributed by atoms with Crippen LogP contribution in [-0.2, 0) is 19.4 Å². The molecular formula is C13H19ClN2O5S. The molecule has 1 aromatic rings. The number of esters is 1. The summed E-state index contributed by atoms with van der Waals surface area (Å²) in [5, 5.41) is 5.39. The summed E-state index contributed by atoms with van der Waals surface area (Å²) in [5.41, 5.74) is 0.295. The molecule has 0 aliphatic heterocycles. The molecule has 1 rings (SSSR count). The first-order valence-electron chi connectivity index (χ1n) is 6.16. The Hall–Kier alpha value is -1.64. The molecule has 0 heterocycles. The van der Waals surface area contributed by atoms with E-state index in [1.54, 1.807) is 7.05 Å². The molecule has 9 heteroatoms. The lowest BCUT2D eigenvalue weighted by molar-refractivity contribution is -0.116. The van der Waals surface area contributed by atoms with Crippen molar-refractivity contribution in [2.75, 3.05) is 32.3 Å². The fourth-order valence-electron chi connectivity index (χ4n) is 1.58. The van der Waals surface area contributed by atoms with E-state index >= 15 is 0 Å². The van der Waals surface area contributed by atoms with E-state index in [0.717, 1.165) is 6.26 Å². The van der Waals surface area contributed by atoms with Crippen LogP contribution in [0.4, 0.5) is 5.69 Å². The van der Waals surface area contributed by atoms with Gasteiger partial charge in [0.15, 0.2) is 9.84 Å². The maximum atomic E-state index is 11.7. The Kier molecular flexibility index (Phi) is 8.07. The minimum atomic E-state index is -3.51. The lowest BCUT2D eigenvalue weighted by Crippen LogP contribution is -2.19. The number of carbonyl (C=O) groups is 2. The molecule has 7 nitrogen and oxygen atoms in total. The average molecular weight is 351 g/mol. The van der Waals surface area contributed by atoms with Crippen molar-refractivity contribution >= 4 is 39.8 Å². The zero-order chi connectivity index (χ0) is 16.0. The van der Waals surface area contributed by atoms with E-state index in [1.165, 1.54) is 25.3 Å². The summed E-state index contributed by atoms with van der Waals surface area (Å²) in [6.07, 6.45) is 1.25. The van der Waals surface area contributed by atoms with Gasteiger partial charge < -0.3 is 15.4 Å². The molecule has 0 fully saturated rings. The van der Waals surface area contributed by atoms with Gasteiger partial charge in [0.1, 0.15) is 0 Å². The molecule has 0 saturated carbocycles. The van der Waals surface area contributed by atoms with E-state index in [1.807, 2.05) is 0 Å². The predicted molar refractivity (Wildman–Crippen MR) is 85.3 cm³/mol. The Morgan fingerprint density at radius 3 is 2.36 bits per heavy atom. The summed E-state index contributed by atoms with van der Waals surface area (Å²) in [5.74, 6) is -0.961. The molecule has 0 atom stereocenters. The second kappa shape index (κ2) is 8.72. The van der Waals surface area contributed by atoms with Crippen LogP contribution in [0.15, 0.2) is 23.1 Å². The van der Waals surface area contributed by atoms with Crippen LogP contribution >= 0.6 is 12.4 Å². The van der Waals surface area contributed by atoms with E-state index < -0.39 is 15.8 Å². The summed E-state index contributed by atoms with van der Waals surface area (Å²) < 4.78 is 27.8. The minimum Gasteiger partial charge on any atom is -0.465 e. The van der Waals surface area contributed by atoms with Crippen LogP contribution < -0.4 is 10.6 Å². The van der Waals surface area contributed by atoms with Crippen LogP contribution in [0, 0.1) is 0 Å². The highest BCUT2D eigenvalue weighted by molar-refractivity contribution is 7.90. The van der Waals surface area contributed by atoms with Gasteiger partial charge in [0, 0.05) is 24.9 Å². The lowest BCUT2D eigenvalue weighted by atomic mass is 10.2. The van der Waals surface area contributed by atoms with Crippen molar-refractivity contribution in [1.29, 1.82) is 0 Å². The van der Waals surface area contributed by atoms with Crippen molar-refractivity contribution in [3.63, 3.8) is 0 Å². The minimum absolute atomic E-state index is 0. The lowest BCUT2D eigenvalue weighted by Gasteiger charge is -2.09. The molecule has 0 radical (unpaired) electrons. The normalized spacial score (nSPS) is 10.5. The van der Waals surface area contributed by atoms with Gasteiger partial charge >= 0.3 is 5.97 Å². The van der Waals surface area contributed by atoms with Crippen LogP contribution in [-0.4, -0.2) is 47.3 Å². The van der Waals surface area contributed by atoms with E-state index in [9.17, 15) is 18.0 Å². The van der Waals surface area contributed by atoms with Crippen LogP contribution in [0.3, 0.4) is 0 Å². The van der Waals surface area contributed by atoms with Gasteiger partial charge in [-0.2, -0.15) is 0 Å². The number of hydrogen-bond donors (Lipinski definition) is 2. The number of amides is 1. The molecule has 2 N–H and O–H groups in total. The Morgan fingerprint density at radius 1 is 1.23 bits per heavy atom. The topological polar surface area (TPSA) is 102 Å². The molecule has 1 aromatic carbocycles. The standard InChI is InChI=1S/C13H18N2O5S.ClH/c1-14-5-4-12(16)15-10-6-9(13(17)20-2)7-11(8-10)21(3,18)19;/h6-8,14H,4-5H2,1-3H3,(H,15,16);1H. The van der Waals surface area contributed by atoms with Gasteiger partial charge in [-0.25, -0.2) is 13.2 Å². The monoisotopic (exact) mass is 350 g/mol. The predicted octanol–water partition coefficient (Wildman–Crippen LogP) is 0.846. The first-order valence-corrected chi connectivity index (χ1v) is 8.05. The van der Waals surface area contributed by atoms with Gasteiger partial charge in [-0.1, -0.05) is 0 Å². The zero-order valence-corrected chi connectivity index (χ0v) is 14.1. The number of anilines is 1. The van der Waals surface area contributed by atoms with Gasteiger partial charge in [-0.05, 0) is 25.2 Å². The fraction of sp³-hybridized carbons (Fsp3) is 0.385. The van der Waals surface area contributed by atoms with Gasteiger partial charge in [0.25, 0.3) is 0 Å². The third-order valence-corrected chi connectivity index (χ3v) is 3.73. The molecule has 0 aromatic heterocycles. The Morgan fingerprint density at radius 2 is 1.86 bits per heavy atom. The molecule has 0 bridgehead atoms. The molecule has 0 spiro atoms.